The van der Waals surface area contributed by atoms with Crippen molar-refractivity contribution in [3.63, 3.8) is 0 Å². The van der Waals surface area contributed by atoms with E-state index in [1.165, 1.54) is 0 Å². The lowest BCUT2D eigenvalue weighted by Crippen LogP contribution is -2.31. The van der Waals surface area contributed by atoms with E-state index in [1.807, 2.05) is 34.0 Å². The lowest BCUT2D eigenvalue weighted by Gasteiger charge is -2.12. The summed E-state index contributed by atoms with van der Waals surface area (Å²) >= 11 is 1.62. The van der Waals surface area contributed by atoms with Gasteiger partial charge >= 0.3 is 0 Å². The number of nitrogens with zero attached hydrogens (tertiary/aromatic N) is 1. The molecule has 0 aliphatic heterocycles. The number of aromatic nitrogens is 2. The first-order valence-electron chi connectivity index (χ1n) is 6.57. The summed E-state index contributed by atoms with van der Waals surface area (Å²) in [6.45, 7) is 8.71. The minimum atomic E-state index is -3.57. The lowest BCUT2D eigenvalue weighted by molar-refractivity contribution is 0.564. The monoisotopic (exact) mass is 320 g/mol. The van der Waals surface area contributed by atoms with Gasteiger partial charge in [0.1, 0.15) is 0 Å². The highest BCUT2D eigenvalue weighted by atomic mass is 32.2. The normalized spacial score (nSPS) is 13.9. The first kappa shape index (κ1) is 17.5. The van der Waals surface area contributed by atoms with Gasteiger partial charge in [-0.05, 0) is 13.2 Å². The fourth-order valence-electron chi connectivity index (χ4n) is 1.55. The molecule has 0 bridgehead atoms. The van der Waals surface area contributed by atoms with Crippen LogP contribution in [0.25, 0.3) is 0 Å². The highest BCUT2D eigenvalue weighted by Crippen LogP contribution is 2.16. The summed E-state index contributed by atoms with van der Waals surface area (Å²) in [5.74, 6) is 0. The van der Waals surface area contributed by atoms with Crippen LogP contribution in [-0.4, -0.2) is 42.7 Å². The van der Waals surface area contributed by atoms with Gasteiger partial charge in [-0.25, -0.2) is 13.1 Å². The Labute approximate surface area is 125 Å². The molecule has 0 aromatic carbocycles. The summed E-state index contributed by atoms with van der Waals surface area (Å²) < 4.78 is 27.2. The molecule has 20 heavy (non-hydrogen) atoms. The molecule has 0 fully saturated rings. The second kappa shape index (κ2) is 7.44. The molecule has 0 saturated carbocycles. The summed E-state index contributed by atoms with van der Waals surface area (Å²) in [5, 5.41) is 10.2. The zero-order valence-corrected chi connectivity index (χ0v) is 14.3. The summed E-state index contributed by atoms with van der Waals surface area (Å²) in [4.78, 5) is 0. The van der Waals surface area contributed by atoms with Crippen LogP contribution in [0.2, 0.25) is 0 Å². The molecular formula is C12H24N4O2S2. The molecular weight excluding hydrogens is 296 g/mol. The number of nitrogens with one attached hydrogen (secondary N) is 3. The molecule has 1 aromatic heterocycles. The number of thioether (sulfide) groups is 1. The van der Waals surface area contributed by atoms with E-state index in [-0.39, 0.29) is 16.3 Å². The van der Waals surface area contributed by atoms with Crippen molar-refractivity contribution >= 4 is 21.8 Å². The Balaban J connectivity index is 2.89. The lowest BCUT2D eigenvalue weighted by atomic mass is 10.2. The van der Waals surface area contributed by atoms with Crippen LogP contribution in [0, 0.1) is 6.92 Å². The molecule has 0 amide bonds. The molecule has 1 atom stereocenters. The zero-order valence-electron chi connectivity index (χ0n) is 12.6. The molecule has 0 spiro atoms. The zero-order chi connectivity index (χ0) is 15.3. The van der Waals surface area contributed by atoms with Crippen LogP contribution < -0.4 is 10.0 Å². The summed E-state index contributed by atoms with van der Waals surface area (Å²) in [6.07, 6.45) is 1.95. The van der Waals surface area contributed by atoms with Gasteiger partial charge in [-0.3, -0.25) is 5.10 Å². The van der Waals surface area contributed by atoms with E-state index in [0.717, 1.165) is 5.69 Å². The highest BCUT2D eigenvalue weighted by Gasteiger charge is 2.23. The van der Waals surface area contributed by atoms with Gasteiger partial charge < -0.3 is 5.32 Å². The molecule has 1 rings (SSSR count). The maximum absolute atomic E-state index is 12.3. The third-order valence-corrected chi connectivity index (χ3v) is 5.31. The molecule has 1 aromatic rings. The maximum atomic E-state index is 12.3. The number of rotatable bonds is 8. The van der Waals surface area contributed by atoms with Crippen LogP contribution in [0.3, 0.4) is 0 Å². The van der Waals surface area contributed by atoms with Gasteiger partial charge in [0.15, 0.2) is 5.03 Å². The van der Waals surface area contributed by atoms with Crippen molar-refractivity contribution in [2.75, 3.05) is 12.8 Å². The predicted molar refractivity (Wildman–Crippen MR) is 83.5 cm³/mol. The van der Waals surface area contributed by atoms with E-state index >= 15 is 0 Å². The molecule has 1 heterocycles. The van der Waals surface area contributed by atoms with Crippen LogP contribution >= 0.6 is 11.8 Å². The average molecular weight is 320 g/mol. The molecule has 0 radical (unpaired) electrons. The van der Waals surface area contributed by atoms with Gasteiger partial charge in [-0.1, -0.05) is 20.8 Å². The second-order valence-corrected chi connectivity index (χ2v) is 8.02. The Bertz CT molecular complexity index is 526. The minimum absolute atomic E-state index is 0.0939. The number of hydrogen-bond donors (Lipinski definition) is 3. The second-order valence-electron chi connectivity index (χ2n) is 5.07. The number of aromatic amines is 1. The van der Waals surface area contributed by atoms with Gasteiger partial charge in [0.05, 0.1) is 0 Å². The third-order valence-electron chi connectivity index (χ3n) is 2.94. The topological polar surface area (TPSA) is 86.9 Å². The van der Waals surface area contributed by atoms with Crippen molar-refractivity contribution in [2.45, 2.75) is 50.6 Å². The van der Waals surface area contributed by atoms with E-state index in [2.05, 4.69) is 20.2 Å². The van der Waals surface area contributed by atoms with Crippen LogP contribution in [0.15, 0.2) is 5.03 Å². The Hall–Kier alpha value is -0.570. The quantitative estimate of drug-likeness (QED) is 0.671. The Morgan fingerprint density at radius 3 is 2.55 bits per heavy atom. The standard InChI is InChI=1S/C12H24N4O2S2/c1-8(2)13-7-11-10(4)15-16-12(11)20(17,18)14-6-9(3)19-5/h8-9,13-14H,6-7H2,1-5H3,(H,15,16). The number of H-pyrrole nitrogens is 1. The third kappa shape index (κ3) is 4.76. The van der Waals surface area contributed by atoms with Crippen molar-refractivity contribution in [1.82, 2.24) is 20.2 Å². The van der Waals surface area contributed by atoms with Crippen LogP contribution in [0.1, 0.15) is 32.0 Å². The van der Waals surface area contributed by atoms with Crippen molar-refractivity contribution in [3.8, 4) is 0 Å². The van der Waals surface area contributed by atoms with Crippen molar-refractivity contribution in [3.05, 3.63) is 11.3 Å². The molecule has 3 N–H and O–H groups in total. The van der Waals surface area contributed by atoms with E-state index in [1.54, 1.807) is 11.8 Å². The van der Waals surface area contributed by atoms with Gasteiger partial charge in [-0.2, -0.15) is 16.9 Å². The van der Waals surface area contributed by atoms with E-state index < -0.39 is 10.0 Å². The van der Waals surface area contributed by atoms with Crippen molar-refractivity contribution < 1.29 is 8.42 Å². The summed E-state index contributed by atoms with van der Waals surface area (Å²) in [6, 6.07) is 0.282. The highest BCUT2D eigenvalue weighted by molar-refractivity contribution is 7.99. The van der Waals surface area contributed by atoms with E-state index in [0.29, 0.717) is 18.7 Å². The molecule has 6 nitrogen and oxygen atoms in total. The largest absolute Gasteiger partial charge is 0.310 e. The van der Waals surface area contributed by atoms with Gasteiger partial charge in [0.25, 0.3) is 10.0 Å². The SMILES string of the molecule is CSC(C)CNS(=O)(=O)c1n[nH]c(C)c1CNC(C)C. The maximum Gasteiger partial charge on any atom is 0.260 e. The van der Waals surface area contributed by atoms with Crippen LogP contribution in [-0.2, 0) is 16.6 Å². The molecule has 0 saturated heterocycles. The number of sulfonamides is 1. The molecule has 0 aliphatic rings. The van der Waals surface area contributed by atoms with Gasteiger partial charge in [0.2, 0.25) is 0 Å². The molecule has 1 unspecified atom stereocenters. The average Bonchev–Trinajstić information content (AvgIpc) is 2.75. The Morgan fingerprint density at radius 1 is 1.35 bits per heavy atom. The number of hydrogen-bond acceptors (Lipinski definition) is 5. The molecule has 116 valence electrons. The van der Waals surface area contributed by atoms with E-state index in [4.69, 9.17) is 0 Å². The molecule has 0 aliphatic carbocycles. The molecule has 8 heteroatoms. The summed E-state index contributed by atoms with van der Waals surface area (Å²) in [7, 11) is -3.57. The van der Waals surface area contributed by atoms with Crippen molar-refractivity contribution in [2.24, 2.45) is 0 Å². The predicted octanol–water partition coefficient (Wildman–Crippen LogP) is 1.25. The Kier molecular flexibility index (Phi) is 6.50. The number of aryl methyl sites for hydroxylation is 1. The fourth-order valence-corrected chi connectivity index (χ4v) is 3.22. The van der Waals surface area contributed by atoms with Crippen molar-refractivity contribution in [1.29, 1.82) is 0 Å². The van der Waals surface area contributed by atoms with Crippen LogP contribution in [0.4, 0.5) is 0 Å². The van der Waals surface area contributed by atoms with Gasteiger partial charge in [-0.15, -0.1) is 0 Å². The minimum Gasteiger partial charge on any atom is -0.310 e. The Morgan fingerprint density at radius 2 is 2.00 bits per heavy atom. The first-order valence-corrected chi connectivity index (χ1v) is 9.34. The summed E-state index contributed by atoms with van der Waals surface area (Å²) in [5.41, 5.74) is 1.47. The smallest absolute Gasteiger partial charge is 0.260 e. The van der Waals surface area contributed by atoms with E-state index in [9.17, 15) is 8.42 Å². The fraction of sp³-hybridized carbons (Fsp3) is 0.750. The first-order chi connectivity index (χ1) is 9.27. The van der Waals surface area contributed by atoms with Crippen LogP contribution in [0.5, 0.6) is 0 Å². The van der Waals surface area contributed by atoms with Gasteiger partial charge in [0, 0.05) is 35.6 Å².